The first kappa shape index (κ1) is 24.4. The van der Waals surface area contributed by atoms with Crippen molar-refractivity contribution in [3.63, 3.8) is 0 Å². The Balaban J connectivity index is 2.08. The maximum absolute atomic E-state index is 12.6. The Hall–Kier alpha value is -3.87. The predicted molar refractivity (Wildman–Crippen MR) is 120 cm³/mol. The summed E-state index contributed by atoms with van der Waals surface area (Å²) in [5.41, 5.74) is 15.2. The number of nitrogens with one attached hydrogen (secondary N) is 2. The summed E-state index contributed by atoms with van der Waals surface area (Å²) in [6.07, 6.45) is 2.66. The van der Waals surface area contributed by atoms with E-state index in [9.17, 15) is 22.8 Å². The molecule has 0 fully saturated rings. The molecule has 12 nitrogen and oxygen atoms in total. The minimum absolute atomic E-state index is 0.0235. The minimum atomic E-state index is -4.12. The van der Waals surface area contributed by atoms with Gasteiger partial charge in [0.05, 0.1) is 11.7 Å². The van der Waals surface area contributed by atoms with Gasteiger partial charge in [0.25, 0.3) is 15.6 Å². The highest BCUT2D eigenvalue weighted by Gasteiger charge is 2.19. The van der Waals surface area contributed by atoms with Crippen molar-refractivity contribution < 1.29 is 18.0 Å². The maximum Gasteiger partial charge on any atom is 0.275 e. The fraction of sp³-hybridized carbons (Fsp3) is 0.263. The lowest BCUT2D eigenvalue weighted by molar-refractivity contribution is -0.124. The standard InChI is InChI=1S/C19H25N7O5S/c20-14-6-1-2-8-16(14)32(30,31)25-15-7-4-10-26(18(15)29)11-17(28)24-13(12-27)5-3-9-23-19(21)22/h1-2,4,6-8,10,12-13,25H,3,5,9,11,20H2,(H,24,28)(H4,21,22,23)/t13-/m0/s1. The second kappa shape index (κ2) is 10.9. The molecule has 0 aliphatic heterocycles. The number of benzene rings is 1. The van der Waals surface area contributed by atoms with Crippen LogP contribution < -0.4 is 32.8 Å². The molecule has 0 aliphatic carbocycles. The van der Waals surface area contributed by atoms with Crippen LogP contribution in [0.2, 0.25) is 0 Å². The summed E-state index contributed by atoms with van der Waals surface area (Å²) in [4.78, 5) is 39.7. The number of hydrogen-bond donors (Lipinski definition) is 5. The van der Waals surface area contributed by atoms with Crippen molar-refractivity contribution in [1.82, 2.24) is 9.88 Å². The number of hydrogen-bond acceptors (Lipinski definition) is 7. The molecule has 1 aromatic carbocycles. The molecule has 0 bridgehead atoms. The Morgan fingerprint density at radius 1 is 1.19 bits per heavy atom. The minimum Gasteiger partial charge on any atom is -0.398 e. The molecule has 0 aliphatic rings. The van der Waals surface area contributed by atoms with Crippen LogP contribution in [0.15, 0.2) is 57.3 Å². The molecule has 1 heterocycles. The number of nitrogens with two attached hydrogens (primary N) is 3. The number of guanidine groups is 1. The Kier molecular flexibility index (Phi) is 8.35. The highest BCUT2D eigenvalue weighted by molar-refractivity contribution is 7.92. The molecule has 172 valence electrons. The molecule has 2 aromatic rings. The number of aliphatic imine (C=N–C) groups is 1. The van der Waals surface area contributed by atoms with Gasteiger partial charge in [-0.15, -0.1) is 0 Å². The Bertz CT molecular complexity index is 1160. The van der Waals surface area contributed by atoms with E-state index in [1.807, 2.05) is 0 Å². The Labute approximate surface area is 184 Å². The summed E-state index contributed by atoms with van der Waals surface area (Å²) >= 11 is 0. The number of carbonyl (C=O) groups is 2. The number of aromatic nitrogens is 1. The van der Waals surface area contributed by atoms with Gasteiger partial charge in [-0.25, -0.2) is 8.42 Å². The highest BCUT2D eigenvalue weighted by atomic mass is 32.2. The van der Waals surface area contributed by atoms with E-state index in [0.717, 1.165) is 4.57 Å². The molecule has 2 rings (SSSR count). The van der Waals surface area contributed by atoms with Crippen molar-refractivity contribution in [2.24, 2.45) is 16.5 Å². The molecule has 1 atom stereocenters. The normalized spacial score (nSPS) is 11.9. The summed E-state index contributed by atoms with van der Waals surface area (Å²) in [7, 11) is -4.12. The molecule has 8 N–H and O–H groups in total. The van der Waals surface area contributed by atoms with Crippen LogP contribution in [0, 0.1) is 0 Å². The van der Waals surface area contributed by atoms with Crippen LogP contribution in [0.5, 0.6) is 0 Å². The molecule has 32 heavy (non-hydrogen) atoms. The van der Waals surface area contributed by atoms with Gasteiger partial charge < -0.3 is 31.9 Å². The number of para-hydroxylation sites is 1. The second-order valence-electron chi connectivity index (χ2n) is 6.76. The summed E-state index contributed by atoms with van der Waals surface area (Å²) in [6, 6.07) is 7.70. The van der Waals surface area contributed by atoms with E-state index in [0.29, 0.717) is 25.7 Å². The molecule has 0 saturated heterocycles. The lowest BCUT2D eigenvalue weighted by Gasteiger charge is -2.14. The number of amides is 1. The Morgan fingerprint density at radius 2 is 1.91 bits per heavy atom. The molecule has 1 aromatic heterocycles. The van der Waals surface area contributed by atoms with Crippen LogP contribution in [0.3, 0.4) is 0 Å². The summed E-state index contributed by atoms with van der Waals surface area (Å²) < 4.78 is 28.4. The zero-order valence-electron chi connectivity index (χ0n) is 17.1. The van der Waals surface area contributed by atoms with Crippen LogP contribution >= 0.6 is 0 Å². The van der Waals surface area contributed by atoms with Crippen molar-refractivity contribution in [2.75, 3.05) is 17.0 Å². The van der Waals surface area contributed by atoms with Crippen molar-refractivity contribution in [3.8, 4) is 0 Å². The van der Waals surface area contributed by atoms with Crippen molar-refractivity contribution in [2.45, 2.75) is 30.3 Å². The zero-order valence-corrected chi connectivity index (χ0v) is 17.9. The van der Waals surface area contributed by atoms with Crippen molar-refractivity contribution in [1.29, 1.82) is 0 Å². The topological polar surface area (TPSA) is 205 Å². The highest BCUT2D eigenvalue weighted by Crippen LogP contribution is 2.19. The fourth-order valence-electron chi connectivity index (χ4n) is 2.76. The first-order valence-electron chi connectivity index (χ1n) is 9.51. The van der Waals surface area contributed by atoms with Gasteiger partial charge in [-0.2, -0.15) is 0 Å². The molecule has 13 heteroatoms. The smallest absolute Gasteiger partial charge is 0.275 e. The lowest BCUT2D eigenvalue weighted by Crippen LogP contribution is -2.40. The van der Waals surface area contributed by atoms with Gasteiger partial charge in [-0.05, 0) is 37.1 Å². The molecule has 0 spiro atoms. The van der Waals surface area contributed by atoms with Gasteiger partial charge in [0.1, 0.15) is 23.4 Å². The van der Waals surface area contributed by atoms with E-state index in [-0.39, 0.29) is 22.2 Å². The third kappa shape index (κ3) is 6.84. The predicted octanol–water partition coefficient (Wildman–Crippen LogP) is -1.03. The first-order valence-corrected chi connectivity index (χ1v) is 11.0. The number of aldehydes is 1. The van der Waals surface area contributed by atoms with Crippen LogP contribution in [0.1, 0.15) is 12.8 Å². The van der Waals surface area contributed by atoms with Gasteiger partial charge in [0.2, 0.25) is 5.91 Å². The number of rotatable bonds is 11. The molecule has 1 amide bonds. The summed E-state index contributed by atoms with van der Waals surface area (Å²) in [6.45, 7) is -0.115. The lowest BCUT2D eigenvalue weighted by atomic mass is 10.2. The number of nitrogens with zero attached hydrogens (tertiary/aromatic N) is 2. The third-order valence-corrected chi connectivity index (χ3v) is 5.70. The molecular weight excluding hydrogens is 438 g/mol. The van der Waals surface area contributed by atoms with Gasteiger partial charge in [0, 0.05) is 12.7 Å². The zero-order chi connectivity index (χ0) is 23.7. The number of carbonyl (C=O) groups excluding carboxylic acids is 2. The van der Waals surface area contributed by atoms with E-state index in [1.165, 1.54) is 36.5 Å². The fourth-order valence-corrected chi connectivity index (χ4v) is 3.96. The van der Waals surface area contributed by atoms with Crippen molar-refractivity contribution >= 4 is 39.6 Å². The SMILES string of the molecule is NC(N)=NCCC[C@@H](C=O)NC(=O)Cn1cccc(NS(=O)(=O)c2ccccc2N)c1=O. The summed E-state index contributed by atoms with van der Waals surface area (Å²) in [5, 5.41) is 2.50. The van der Waals surface area contributed by atoms with E-state index in [4.69, 9.17) is 17.2 Å². The van der Waals surface area contributed by atoms with E-state index in [2.05, 4.69) is 15.0 Å². The third-order valence-electron chi connectivity index (χ3n) is 4.27. The van der Waals surface area contributed by atoms with Gasteiger partial charge in [-0.1, -0.05) is 12.1 Å². The average molecular weight is 464 g/mol. The number of anilines is 2. The van der Waals surface area contributed by atoms with Gasteiger partial charge >= 0.3 is 0 Å². The van der Waals surface area contributed by atoms with Gasteiger partial charge in [0.15, 0.2) is 5.96 Å². The molecular formula is C19H25N7O5S. The largest absolute Gasteiger partial charge is 0.398 e. The van der Waals surface area contributed by atoms with Gasteiger partial charge in [-0.3, -0.25) is 19.3 Å². The number of sulfonamides is 1. The van der Waals surface area contributed by atoms with Crippen molar-refractivity contribution in [3.05, 3.63) is 52.9 Å². The van der Waals surface area contributed by atoms with Crippen LogP contribution in [0.4, 0.5) is 11.4 Å². The Morgan fingerprint density at radius 3 is 2.56 bits per heavy atom. The van der Waals surface area contributed by atoms with E-state index in [1.54, 1.807) is 6.07 Å². The monoisotopic (exact) mass is 463 g/mol. The van der Waals surface area contributed by atoms with Crippen LogP contribution in [-0.2, 0) is 26.2 Å². The maximum atomic E-state index is 12.6. The molecule has 0 saturated carbocycles. The number of nitrogen functional groups attached to an aromatic ring is 1. The summed E-state index contributed by atoms with van der Waals surface area (Å²) in [5.74, 6) is -0.667. The average Bonchev–Trinajstić information content (AvgIpc) is 2.73. The second-order valence-corrected chi connectivity index (χ2v) is 8.41. The quantitative estimate of drug-likeness (QED) is 0.0913. The van der Waals surface area contributed by atoms with E-state index >= 15 is 0 Å². The molecule has 0 radical (unpaired) electrons. The van der Waals surface area contributed by atoms with Crippen LogP contribution in [-0.4, -0.2) is 43.7 Å². The first-order chi connectivity index (χ1) is 15.1. The van der Waals surface area contributed by atoms with E-state index < -0.39 is 34.1 Å². The number of pyridine rings is 1. The van der Waals surface area contributed by atoms with Crippen LogP contribution in [0.25, 0.3) is 0 Å². The molecule has 0 unspecified atom stereocenters.